The van der Waals surface area contributed by atoms with Gasteiger partial charge in [-0.15, -0.1) is 0 Å². The summed E-state index contributed by atoms with van der Waals surface area (Å²) in [5.74, 6) is -0.537. The minimum atomic E-state index is -1.10. The molecule has 1 fully saturated rings. The fourth-order valence-electron chi connectivity index (χ4n) is 2.38. The van der Waals surface area contributed by atoms with Gasteiger partial charge < -0.3 is 10.0 Å². The highest BCUT2D eigenvalue weighted by atomic mass is 19.1. The molecule has 0 unspecified atom stereocenters. The van der Waals surface area contributed by atoms with Gasteiger partial charge in [0.1, 0.15) is 11.6 Å². The maximum atomic E-state index is 13.0. The van der Waals surface area contributed by atoms with Crippen LogP contribution in [0.5, 0.6) is 0 Å². The SMILES string of the molecule is O=C(O)c1cc(N2CCCC2)nc(-c2ccc(F)cc2)n1. The van der Waals surface area contributed by atoms with E-state index in [9.17, 15) is 14.3 Å². The lowest BCUT2D eigenvalue weighted by Crippen LogP contribution is -2.20. The van der Waals surface area contributed by atoms with E-state index < -0.39 is 5.97 Å². The molecule has 0 amide bonds. The van der Waals surface area contributed by atoms with E-state index in [1.165, 1.54) is 18.2 Å². The molecule has 0 spiro atoms. The molecule has 6 heteroatoms. The summed E-state index contributed by atoms with van der Waals surface area (Å²) >= 11 is 0. The van der Waals surface area contributed by atoms with E-state index in [4.69, 9.17) is 0 Å². The van der Waals surface area contributed by atoms with Crippen LogP contribution in [0.3, 0.4) is 0 Å². The molecule has 1 aromatic carbocycles. The monoisotopic (exact) mass is 287 g/mol. The molecular weight excluding hydrogens is 273 g/mol. The molecule has 5 nitrogen and oxygen atoms in total. The molecule has 0 bridgehead atoms. The number of aromatic nitrogens is 2. The Morgan fingerprint density at radius 1 is 1.14 bits per heavy atom. The predicted molar refractivity (Wildman–Crippen MR) is 75.8 cm³/mol. The van der Waals surface area contributed by atoms with Gasteiger partial charge in [0.15, 0.2) is 11.5 Å². The lowest BCUT2D eigenvalue weighted by molar-refractivity contribution is 0.0690. The molecule has 1 saturated heterocycles. The van der Waals surface area contributed by atoms with Crippen molar-refractivity contribution in [2.45, 2.75) is 12.8 Å². The number of hydrogen-bond acceptors (Lipinski definition) is 4. The molecular formula is C15H14FN3O2. The van der Waals surface area contributed by atoms with Gasteiger partial charge in [0.05, 0.1) is 0 Å². The number of halogens is 1. The van der Waals surface area contributed by atoms with Crippen molar-refractivity contribution in [2.75, 3.05) is 18.0 Å². The minimum Gasteiger partial charge on any atom is -0.477 e. The van der Waals surface area contributed by atoms with E-state index in [1.807, 2.05) is 4.90 Å². The Balaban J connectivity index is 2.06. The van der Waals surface area contributed by atoms with Crippen LogP contribution in [0.2, 0.25) is 0 Å². The molecule has 3 rings (SSSR count). The Bertz CT molecular complexity index is 667. The van der Waals surface area contributed by atoms with Crippen molar-refractivity contribution in [3.63, 3.8) is 0 Å². The van der Waals surface area contributed by atoms with Crippen molar-refractivity contribution in [2.24, 2.45) is 0 Å². The van der Waals surface area contributed by atoms with Gasteiger partial charge in [-0.25, -0.2) is 19.2 Å². The fourth-order valence-corrected chi connectivity index (χ4v) is 2.38. The van der Waals surface area contributed by atoms with Crippen LogP contribution in [0.25, 0.3) is 11.4 Å². The Kier molecular flexibility index (Phi) is 3.51. The first kappa shape index (κ1) is 13.5. The van der Waals surface area contributed by atoms with Gasteiger partial charge in [-0.3, -0.25) is 0 Å². The van der Waals surface area contributed by atoms with E-state index in [0.717, 1.165) is 25.9 Å². The number of hydrogen-bond donors (Lipinski definition) is 1. The third-order valence-corrected chi connectivity index (χ3v) is 3.46. The number of nitrogens with zero attached hydrogens (tertiary/aromatic N) is 3. The second-order valence-electron chi connectivity index (χ2n) is 4.94. The van der Waals surface area contributed by atoms with Crippen LogP contribution in [0.15, 0.2) is 30.3 Å². The molecule has 0 saturated carbocycles. The molecule has 0 atom stereocenters. The Hall–Kier alpha value is -2.50. The molecule has 0 radical (unpaired) electrons. The maximum Gasteiger partial charge on any atom is 0.354 e. The summed E-state index contributed by atoms with van der Waals surface area (Å²) in [5, 5.41) is 9.20. The zero-order valence-corrected chi connectivity index (χ0v) is 11.3. The quantitative estimate of drug-likeness (QED) is 0.939. The summed E-state index contributed by atoms with van der Waals surface area (Å²) < 4.78 is 13.0. The smallest absolute Gasteiger partial charge is 0.354 e. The highest BCUT2D eigenvalue weighted by Gasteiger charge is 2.18. The number of rotatable bonds is 3. The van der Waals surface area contributed by atoms with Crippen molar-refractivity contribution in [3.05, 3.63) is 41.8 Å². The van der Waals surface area contributed by atoms with Crippen LogP contribution in [0, 0.1) is 5.82 Å². The summed E-state index contributed by atoms with van der Waals surface area (Å²) in [6.07, 6.45) is 2.14. The Morgan fingerprint density at radius 2 is 1.81 bits per heavy atom. The molecule has 0 aliphatic carbocycles. The van der Waals surface area contributed by atoms with Gasteiger partial charge in [0, 0.05) is 24.7 Å². The van der Waals surface area contributed by atoms with Gasteiger partial charge in [0.25, 0.3) is 0 Å². The number of carboxylic acids is 1. The molecule has 21 heavy (non-hydrogen) atoms. The number of carboxylic acid groups (broad SMARTS) is 1. The molecule has 1 aliphatic heterocycles. The number of aromatic carboxylic acids is 1. The zero-order chi connectivity index (χ0) is 14.8. The lowest BCUT2D eigenvalue weighted by atomic mass is 10.2. The predicted octanol–water partition coefficient (Wildman–Crippen LogP) is 2.58. The van der Waals surface area contributed by atoms with Crippen molar-refractivity contribution >= 4 is 11.8 Å². The van der Waals surface area contributed by atoms with Crippen LogP contribution in [-0.2, 0) is 0 Å². The van der Waals surface area contributed by atoms with Crippen molar-refractivity contribution in [3.8, 4) is 11.4 Å². The molecule has 1 N–H and O–H groups in total. The molecule has 1 aromatic heterocycles. The fraction of sp³-hybridized carbons (Fsp3) is 0.267. The van der Waals surface area contributed by atoms with Gasteiger partial charge in [0.2, 0.25) is 0 Å². The van der Waals surface area contributed by atoms with Gasteiger partial charge in [-0.05, 0) is 37.1 Å². The minimum absolute atomic E-state index is 0.0498. The standard InChI is InChI=1S/C15H14FN3O2/c16-11-5-3-10(4-6-11)14-17-12(15(20)21)9-13(18-14)19-7-1-2-8-19/h3-6,9H,1-2,7-8H2,(H,20,21). The van der Waals surface area contributed by atoms with E-state index in [0.29, 0.717) is 17.2 Å². The average molecular weight is 287 g/mol. The van der Waals surface area contributed by atoms with Gasteiger partial charge in [-0.1, -0.05) is 0 Å². The summed E-state index contributed by atoms with van der Waals surface area (Å²) in [5.41, 5.74) is 0.547. The van der Waals surface area contributed by atoms with E-state index in [-0.39, 0.29) is 11.5 Å². The summed E-state index contributed by atoms with van der Waals surface area (Å²) in [4.78, 5) is 21.8. The van der Waals surface area contributed by atoms with E-state index >= 15 is 0 Å². The van der Waals surface area contributed by atoms with Crippen LogP contribution in [0.1, 0.15) is 23.3 Å². The van der Waals surface area contributed by atoms with Gasteiger partial charge in [-0.2, -0.15) is 0 Å². The second-order valence-corrected chi connectivity index (χ2v) is 4.94. The topological polar surface area (TPSA) is 66.3 Å². The molecule has 2 heterocycles. The second kappa shape index (κ2) is 5.47. The maximum absolute atomic E-state index is 13.0. The van der Waals surface area contributed by atoms with E-state index in [2.05, 4.69) is 9.97 Å². The average Bonchev–Trinajstić information content (AvgIpc) is 3.02. The first-order valence-corrected chi connectivity index (χ1v) is 6.77. The third-order valence-electron chi connectivity index (χ3n) is 3.46. The molecule has 2 aromatic rings. The number of anilines is 1. The summed E-state index contributed by atoms with van der Waals surface area (Å²) in [7, 11) is 0. The Morgan fingerprint density at radius 3 is 2.43 bits per heavy atom. The largest absolute Gasteiger partial charge is 0.477 e. The summed E-state index contributed by atoms with van der Waals surface area (Å²) in [6, 6.07) is 7.19. The first-order chi connectivity index (χ1) is 10.1. The molecule has 1 aliphatic rings. The third kappa shape index (κ3) is 2.84. The van der Waals surface area contributed by atoms with Crippen molar-refractivity contribution in [1.82, 2.24) is 9.97 Å². The van der Waals surface area contributed by atoms with Crippen molar-refractivity contribution < 1.29 is 14.3 Å². The zero-order valence-electron chi connectivity index (χ0n) is 11.3. The van der Waals surface area contributed by atoms with Gasteiger partial charge >= 0.3 is 5.97 Å². The number of carbonyl (C=O) groups is 1. The highest BCUT2D eigenvalue weighted by molar-refractivity contribution is 5.87. The van der Waals surface area contributed by atoms with Crippen LogP contribution < -0.4 is 4.90 Å². The van der Waals surface area contributed by atoms with Crippen LogP contribution >= 0.6 is 0 Å². The first-order valence-electron chi connectivity index (χ1n) is 6.77. The van der Waals surface area contributed by atoms with Crippen LogP contribution in [0.4, 0.5) is 10.2 Å². The number of benzene rings is 1. The van der Waals surface area contributed by atoms with Crippen molar-refractivity contribution in [1.29, 1.82) is 0 Å². The molecule has 108 valence electrons. The summed E-state index contributed by atoms with van der Waals surface area (Å²) in [6.45, 7) is 1.72. The highest BCUT2D eigenvalue weighted by Crippen LogP contribution is 2.23. The Labute approximate surface area is 121 Å². The normalized spacial score (nSPS) is 14.4. The lowest BCUT2D eigenvalue weighted by Gasteiger charge is -2.17. The van der Waals surface area contributed by atoms with Crippen LogP contribution in [-0.4, -0.2) is 34.1 Å². The van der Waals surface area contributed by atoms with E-state index in [1.54, 1.807) is 12.1 Å².